The molecule has 0 bridgehead atoms. The number of aromatic nitrogens is 1. The minimum atomic E-state index is -0.923. The Hall–Kier alpha value is -1.46. The molecule has 106 valence electrons. The van der Waals surface area contributed by atoms with Gasteiger partial charge in [0.2, 0.25) is 0 Å². The molecule has 2 N–H and O–H groups in total. The Kier molecular flexibility index (Phi) is 5.92. The van der Waals surface area contributed by atoms with Gasteiger partial charge >= 0.3 is 5.97 Å². The van der Waals surface area contributed by atoms with Crippen molar-refractivity contribution in [3.05, 3.63) is 30.1 Å². The van der Waals surface area contributed by atoms with Gasteiger partial charge in [-0.2, -0.15) is 0 Å². The number of likely N-dealkylation sites (N-methyl/N-ethyl adjacent to an activating group) is 1. The van der Waals surface area contributed by atoms with Crippen LogP contribution in [0.2, 0.25) is 0 Å². The van der Waals surface area contributed by atoms with Gasteiger partial charge in [0.15, 0.2) is 0 Å². The predicted molar refractivity (Wildman–Crippen MR) is 74.7 cm³/mol. The van der Waals surface area contributed by atoms with E-state index in [9.17, 15) is 4.79 Å². The molecule has 1 atom stereocenters. The Labute approximate surface area is 114 Å². The van der Waals surface area contributed by atoms with Crippen LogP contribution in [-0.2, 0) is 16.0 Å². The molecular weight excluding hydrogens is 242 g/mol. The van der Waals surface area contributed by atoms with Crippen molar-refractivity contribution >= 4 is 5.97 Å². The van der Waals surface area contributed by atoms with E-state index in [0.29, 0.717) is 6.42 Å². The first kappa shape index (κ1) is 15.6. The third-order valence-corrected chi connectivity index (χ3v) is 3.14. The summed E-state index contributed by atoms with van der Waals surface area (Å²) in [6.07, 6.45) is 3.25. The summed E-state index contributed by atoms with van der Waals surface area (Å²) in [4.78, 5) is 17.9. The smallest absolute Gasteiger partial charge is 0.325 e. The van der Waals surface area contributed by atoms with Crippen LogP contribution in [0, 0.1) is 0 Å². The number of hydrogen-bond acceptors (Lipinski definition) is 5. The molecule has 5 heteroatoms. The van der Waals surface area contributed by atoms with Gasteiger partial charge < -0.3 is 15.4 Å². The maximum absolute atomic E-state index is 11.4. The second-order valence-electron chi connectivity index (χ2n) is 5.03. The first-order valence-electron chi connectivity index (χ1n) is 6.41. The number of pyridine rings is 1. The first-order valence-corrected chi connectivity index (χ1v) is 6.41. The molecule has 0 fully saturated rings. The fourth-order valence-electron chi connectivity index (χ4n) is 1.72. The Bertz CT molecular complexity index is 393. The van der Waals surface area contributed by atoms with Crippen molar-refractivity contribution in [3.63, 3.8) is 0 Å². The molecule has 0 aliphatic rings. The number of methoxy groups -OCH3 is 1. The lowest BCUT2D eigenvalue weighted by Gasteiger charge is -2.24. The highest BCUT2D eigenvalue weighted by Gasteiger charge is 2.29. The normalized spacial score (nSPS) is 14.2. The minimum Gasteiger partial charge on any atom is -0.468 e. The van der Waals surface area contributed by atoms with Gasteiger partial charge in [-0.3, -0.25) is 9.78 Å². The molecule has 0 saturated heterocycles. The fraction of sp³-hybridized carbons (Fsp3) is 0.571. The highest BCUT2D eigenvalue weighted by Crippen LogP contribution is 2.09. The topological polar surface area (TPSA) is 68.5 Å². The molecule has 1 rings (SSSR count). The van der Waals surface area contributed by atoms with Gasteiger partial charge in [-0.05, 0) is 32.5 Å². The third-order valence-electron chi connectivity index (χ3n) is 3.14. The van der Waals surface area contributed by atoms with Crippen LogP contribution in [0.25, 0.3) is 0 Å². The Morgan fingerprint density at radius 1 is 1.47 bits per heavy atom. The fourth-order valence-corrected chi connectivity index (χ4v) is 1.72. The van der Waals surface area contributed by atoms with Crippen molar-refractivity contribution in [2.75, 3.05) is 27.2 Å². The van der Waals surface area contributed by atoms with E-state index in [1.807, 2.05) is 25.2 Å². The summed E-state index contributed by atoms with van der Waals surface area (Å²) < 4.78 is 4.68. The van der Waals surface area contributed by atoms with Gasteiger partial charge in [-0.1, -0.05) is 6.07 Å². The SMILES string of the molecule is COC(=O)C(C)(N)CCN(C)CCc1ccccn1. The summed E-state index contributed by atoms with van der Waals surface area (Å²) in [5.41, 5.74) is 6.06. The van der Waals surface area contributed by atoms with E-state index in [2.05, 4.69) is 14.6 Å². The zero-order valence-corrected chi connectivity index (χ0v) is 11.9. The van der Waals surface area contributed by atoms with Crippen molar-refractivity contribution in [3.8, 4) is 0 Å². The largest absolute Gasteiger partial charge is 0.468 e. The lowest BCUT2D eigenvalue weighted by Crippen LogP contribution is -2.47. The summed E-state index contributed by atoms with van der Waals surface area (Å²) in [5.74, 6) is -0.370. The summed E-state index contributed by atoms with van der Waals surface area (Å²) in [7, 11) is 3.37. The van der Waals surface area contributed by atoms with Crippen LogP contribution in [-0.4, -0.2) is 48.6 Å². The first-order chi connectivity index (χ1) is 8.95. The second kappa shape index (κ2) is 7.21. The van der Waals surface area contributed by atoms with Crippen molar-refractivity contribution in [2.24, 2.45) is 5.73 Å². The van der Waals surface area contributed by atoms with Gasteiger partial charge in [0.1, 0.15) is 5.54 Å². The zero-order valence-electron chi connectivity index (χ0n) is 11.9. The molecule has 5 nitrogen and oxygen atoms in total. The molecule has 1 aromatic rings. The summed E-state index contributed by atoms with van der Waals surface area (Å²) >= 11 is 0. The number of rotatable bonds is 7. The van der Waals surface area contributed by atoms with Crippen LogP contribution >= 0.6 is 0 Å². The molecule has 0 aromatic carbocycles. The average molecular weight is 265 g/mol. The average Bonchev–Trinajstić information content (AvgIpc) is 2.43. The molecular formula is C14H23N3O2. The van der Waals surface area contributed by atoms with Crippen LogP contribution in [0.5, 0.6) is 0 Å². The molecule has 0 aliphatic carbocycles. The van der Waals surface area contributed by atoms with Crippen molar-refractivity contribution in [2.45, 2.75) is 25.3 Å². The zero-order chi connectivity index (χ0) is 14.3. The van der Waals surface area contributed by atoms with Gasteiger partial charge in [0.05, 0.1) is 7.11 Å². The molecule has 19 heavy (non-hydrogen) atoms. The van der Waals surface area contributed by atoms with Crippen LogP contribution < -0.4 is 5.73 Å². The van der Waals surface area contributed by atoms with Crippen LogP contribution in [0.3, 0.4) is 0 Å². The maximum Gasteiger partial charge on any atom is 0.325 e. The molecule has 1 aromatic heterocycles. The van der Waals surface area contributed by atoms with Crippen molar-refractivity contribution in [1.29, 1.82) is 0 Å². The predicted octanol–water partition coefficient (Wildman–Crippen LogP) is 0.836. The summed E-state index contributed by atoms with van der Waals surface area (Å²) in [6.45, 7) is 3.33. The van der Waals surface area contributed by atoms with Gasteiger partial charge in [0.25, 0.3) is 0 Å². The number of nitrogens with two attached hydrogens (primary N) is 1. The van der Waals surface area contributed by atoms with Crippen LogP contribution in [0.4, 0.5) is 0 Å². The Morgan fingerprint density at radius 2 is 2.21 bits per heavy atom. The molecule has 0 aliphatic heterocycles. The summed E-state index contributed by atoms with van der Waals surface area (Å²) in [5, 5.41) is 0. The summed E-state index contributed by atoms with van der Waals surface area (Å²) in [6, 6.07) is 5.90. The maximum atomic E-state index is 11.4. The number of hydrogen-bond donors (Lipinski definition) is 1. The van der Waals surface area contributed by atoms with E-state index in [1.54, 1.807) is 13.1 Å². The van der Waals surface area contributed by atoms with Gasteiger partial charge in [-0.25, -0.2) is 0 Å². The number of carbonyl (C=O) groups excluding carboxylic acids is 1. The number of esters is 1. The number of carbonyl (C=O) groups is 1. The van der Waals surface area contributed by atoms with E-state index in [-0.39, 0.29) is 5.97 Å². The molecule has 1 heterocycles. The van der Waals surface area contributed by atoms with E-state index in [1.165, 1.54) is 7.11 Å². The Balaban J connectivity index is 2.32. The van der Waals surface area contributed by atoms with Gasteiger partial charge in [-0.15, -0.1) is 0 Å². The van der Waals surface area contributed by atoms with Crippen LogP contribution in [0.15, 0.2) is 24.4 Å². The standard InChI is InChI=1S/C14H23N3O2/c1-14(15,13(18)19-3)8-11-17(2)10-7-12-6-4-5-9-16-12/h4-6,9H,7-8,10-11,15H2,1-3H3. The lowest BCUT2D eigenvalue weighted by atomic mass is 9.99. The van der Waals surface area contributed by atoms with E-state index in [4.69, 9.17) is 5.73 Å². The lowest BCUT2D eigenvalue weighted by molar-refractivity contribution is -0.146. The van der Waals surface area contributed by atoms with E-state index < -0.39 is 5.54 Å². The number of ether oxygens (including phenoxy) is 1. The molecule has 0 amide bonds. The highest BCUT2D eigenvalue weighted by atomic mass is 16.5. The second-order valence-corrected chi connectivity index (χ2v) is 5.03. The molecule has 0 saturated carbocycles. The minimum absolute atomic E-state index is 0.370. The van der Waals surface area contributed by atoms with Gasteiger partial charge in [0, 0.05) is 31.4 Å². The monoisotopic (exact) mass is 265 g/mol. The molecule has 0 radical (unpaired) electrons. The van der Waals surface area contributed by atoms with E-state index in [0.717, 1.165) is 25.2 Å². The van der Waals surface area contributed by atoms with Crippen LogP contribution in [0.1, 0.15) is 19.0 Å². The Morgan fingerprint density at radius 3 is 2.79 bits per heavy atom. The third kappa shape index (κ3) is 5.36. The number of nitrogens with zero attached hydrogens (tertiary/aromatic N) is 2. The van der Waals surface area contributed by atoms with E-state index >= 15 is 0 Å². The highest BCUT2D eigenvalue weighted by molar-refractivity contribution is 5.79. The quantitative estimate of drug-likeness (QED) is 0.740. The molecule has 0 spiro atoms. The molecule has 1 unspecified atom stereocenters. The van der Waals surface area contributed by atoms with Crippen molar-refractivity contribution < 1.29 is 9.53 Å². The van der Waals surface area contributed by atoms with Crippen molar-refractivity contribution in [1.82, 2.24) is 9.88 Å².